The van der Waals surface area contributed by atoms with Gasteiger partial charge in [-0.3, -0.25) is 4.79 Å². The van der Waals surface area contributed by atoms with E-state index >= 15 is 0 Å². The van der Waals surface area contributed by atoms with Crippen LogP contribution in [-0.2, 0) is 0 Å². The molecule has 0 aliphatic heterocycles. The number of benzene rings is 2. The van der Waals surface area contributed by atoms with Crippen LogP contribution >= 0.6 is 11.3 Å². The molecule has 0 saturated heterocycles. The number of fused-ring (bicyclic) bond motifs is 1. The van der Waals surface area contributed by atoms with Gasteiger partial charge in [0.1, 0.15) is 11.6 Å². The summed E-state index contributed by atoms with van der Waals surface area (Å²) in [6.07, 6.45) is 0. The van der Waals surface area contributed by atoms with Crippen molar-refractivity contribution in [1.82, 2.24) is 4.98 Å². The van der Waals surface area contributed by atoms with E-state index < -0.39 is 0 Å². The van der Waals surface area contributed by atoms with E-state index in [4.69, 9.17) is 9.72 Å². The summed E-state index contributed by atoms with van der Waals surface area (Å²) in [6, 6.07) is 19.1. The molecular weight excluding hydrogens is 370 g/mol. The number of rotatable bonds is 5. The molecule has 4 aromatic rings. The quantitative estimate of drug-likeness (QED) is 0.466. The monoisotopic (exact) mass is 389 g/mol. The number of pyridine rings is 1. The molecule has 0 bridgehead atoms. The Morgan fingerprint density at radius 1 is 1.04 bits per heavy atom. The first kappa shape index (κ1) is 18.0. The number of carbonyl (C=O) groups excluding carboxylic acids is 1. The van der Waals surface area contributed by atoms with Crippen molar-refractivity contribution in [2.45, 2.75) is 6.92 Å². The highest BCUT2D eigenvalue weighted by molar-refractivity contribution is 7.12. The maximum absolute atomic E-state index is 12.3. The fourth-order valence-electron chi connectivity index (χ4n) is 2.96. The number of amides is 1. The van der Waals surface area contributed by atoms with Crippen molar-refractivity contribution in [3.63, 3.8) is 0 Å². The van der Waals surface area contributed by atoms with Gasteiger partial charge >= 0.3 is 0 Å². The molecule has 0 radical (unpaired) electrons. The third-order valence-electron chi connectivity index (χ3n) is 4.38. The van der Waals surface area contributed by atoms with E-state index in [9.17, 15) is 4.79 Å². The van der Waals surface area contributed by atoms with Crippen molar-refractivity contribution in [3.05, 3.63) is 76.5 Å². The lowest BCUT2D eigenvalue weighted by Crippen LogP contribution is -2.10. The second-order valence-electron chi connectivity index (χ2n) is 6.34. The van der Waals surface area contributed by atoms with Gasteiger partial charge in [-0.15, -0.1) is 11.3 Å². The first-order chi connectivity index (χ1) is 13.6. The molecule has 5 nitrogen and oxygen atoms in total. The van der Waals surface area contributed by atoms with Crippen LogP contribution in [0.5, 0.6) is 5.75 Å². The van der Waals surface area contributed by atoms with Gasteiger partial charge in [-0.2, -0.15) is 0 Å². The minimum Gasteiger partial charge on any atom is -0.497 e. The van der Waals surface area contributed by atoms with Gasteiger partial charge in [-0.25, -0.2) is 4.98 Å². The van der Waals surface area contributed by atoms with Crippen LogP contribution in [0.15, 0.2) is 66.0 Å². The number of anilines is 3. The number of aromatic nitrogens is 1. The summed E-state index contributed by atoms with van der Waals surface area (Å²) in [5.74, 6) is 1.48. The van der Waals surface area contributed by atoms with Crippen molar-refractivity contribution < 1.29 is 9.53 Å². The molecule has 0 unspecified atom stereocenters. The van der Waals surface area contributed by atoms with Gasteiger partial charge in [-0.1, -0.05) is 6.07 Å². The Hall–Kier alpha value is -3.38. The lowest BCUT2D eigenvalue weighted by atomic mass is 10.1. The van der Waals surface area contributed by atoms with Gasteiger partial charge in [0.05, 0.1) is 17.5 Å². The summed E-state index contributed by atoms with van der Waals surface area (Å²) in [7, 11) is 1.65. The number of aryl methyl sites for hydroxylation is 1. The minimum absolute atomic E-state index is 0.0993. The lowest BCUT2D eigenvalue weighted by molar-refractivity contribution is 0.103. The molecule has 140 valence electrons. The molecule has 4 rings (SSSR count). The van der Waals surface area contributed by atoms with Crippen molar-refractivity contribution in [3.8, 4) is 5.75 Å². The molecular formula is C22H19N3O2S. The van der Waals surface area contributed by atoms with Gasteiger partial charge < -0.3 is 15.4 Å². The van der Waals surface area contributed by atoms with Crippen LogP contribution in [0, 0.1) is 6.92 Å². The van der Waals surface area contributed by atoms with Crippen molar-refractivity contribution >= 4 is 45.3 Å². The van der Waals surface area contributed by atoms with E-state index in [0.717, 1.165) is 39.4 Å². The van der Waals surface area contributed by atoms with Crippen LogP contribution in [0.4, 0.5) is 17.2 Å². The molecule has 0 fully saturated rings. The Labute approximate surface area is 167 Å². The van der Waals surface area contributed by atoms with Crippen LogP contribution < -0.4 is 15.4 Å². The van der Waals surface area contributed by atoms with Gasteiger partial charge in [0.2, 0.25) is 0 Å². The Bertz CT molecular complexity index is 1120. The number of hydrogen-bond acceptors (Lipinski definition) is 5. The first-order valence-electron chi connectivity index (χ1n) is 8.80. The van der Waals surface area contributed by atoms with Gasteiger partial charge in [0.15, 0.2) is 0 Å². The molecule has 0 aliphatic carbocycles. The summed E-state index contributed by atoms with van der Waals surface area (Å²) in [5.41, 5.74) is 3.64. The average molecular weight is 389 g/mol. The van der Waals surface area contributed by atoms with E-state index in [-0.39, 0.29) is 5.91 Å². The number of hydrogen-bond donors (Lipinski definition) is 2. The molecule has 0 atom stereocenters. The molecule has 0 saturated carbocycles. The molecule has 2 N–H and O–H groups in total. The molecule has 1 amide bonds. The molecule has 28 heavy (non-hydrogen) atoms. The maximum atomic E-state index is 12.3. The number of ether oxygens (including phenoxy) is 1. The zero-order valence-corrected chi connectivity index (χ0v) is 16.3. The molecule has 6 heteroatoms. The topological polar surface area (TPSA) is 63.2 Å². The van der Waals surface area contributed by atoms with Crippen LogP contribution in [0.1, 0.15) is 15.2 Å². The summed E-state index contributed by atoms with van der Waals surface area (Å²) < 4.78 is 5.19. The zero-order valence-electron chi connectivity index (χ0n) is 15.5. The first-order valence-corrected chi connectivity index (χ1v) is 9.68. The van der Waals surface area contributed by atoms with Crippen LogP contribution in [0.25, 0.3) is 10.9 Å². The standard InChI is InChI=1S/C22H19N3O2S/c1-14-12-21(23-15-5-8-17(27-2)9-6-15)25-19-10-7-16(13-18(14)19)24-22(26)20-4-3-11-28-20/h3-13H,1-2H3,(H,23,25)(H,24,26). The Kier molecular flexibility index (Phi) is 4.95. The summed E-state index contributed by atoms with van der Waals surface area (Å²) in [5, 5.41) is 9.16. The molecule has 0 aliphatic rings. The van der Waals surface area contributed by atoms with Gasteiger partial charge in [0, 0.05) is 16.8 Å². The second-order valence-corrected chi connectivity index (χ2v) is 7.29. The number of nitrogens with zero attached hydrogens (tertiary/aromatic N) is 1. The van der Waals surface area contributed by atoms with Crippen LogP contribution in [-0.4, -0.2) is 18.0 Å². The van der Waals surface area contributed by atoms with E-state index in [2.05, 4.69) is 10.6 Å². The predicted octanol–water partition coefficient (Wildman–Crippen LogP) is 5.61. The van der Waals surface area contributed by atoms with Crippen molar-refractivity contribution in [2.24, 2.45) is 0 Å². The zero-order chi connectivity index (χ0) is 19.5. The highest BCUT2D eigenvalue weighted by atomic mass is 32.1. The summed E-state index contributed by atoms with van der Waals surface area (Å²) in [6.45, 7) is 2.04. The Morgan fingerprint density at radius 2 is 1.82 bits per heavy atom. The third-order valence-corrected chi connectivity index (χ3v) is 5.25. The Balaban J connectivity index is 1.57. The van der Waals surface area contributed by atoms with Crippen molar-refractivity contribution in [2.75, 3.05) is 17.7 Å². The highest BCUT2D eigenvalue weighted by Gasteiger charge is 2.09. The van der Waals surface area contributed by atoms with E-state index in [1.165, 1.54) is 11.3 Å². The molecule has 0 spiro atoms. The summed E-state index contributed by atoms with van der Waals surface area (Å²) in [4.78, 5) is 17.6. The SMILES string of the molecule is COc1ccc(Nc2cc(C)c3cc(NC(=O)c4cccs4)ccc3n2)cc1. The van der Waals surface area contributed by atoms with E-state index in [1.807, 2.05) is 73.0 Å². The van der Waals surface area contributed by atoms with Crippen LogP contribution in [0.2, 0.25) is 0 Å². The molecule has 2 aromatic carbocycles. The predicted molar refractivity (Wildman–Crippen MR) is 115 cm³/mol. The highest BCUT2D eigenvalue weighted by Crippen LogP contribution is 2.26. The van der Waals surface area contributed by atoms with Gasteiger partial charge in [0.25, 0.3) is 5.91 Å². The third kappa shape index (κ3) is 3.82. The van der Waals surface area contributed by atoms with Crippen LogP contribution in [0.3, 0.4) is 0 Å². The molecule has 2 heterocycles. The lowest BCUT2D eigenvalue weighted by Gasteiger charge is -2.11. The Morgan fingerprint density at radius 3 is 2.54 bits per heavy atom. The summed E-state index contributed by atoms with van der Waals surface area (Å²) >= 11 is 1.42. The number of thiophene rings is 1. The fraction of sp³-hybridized carbons (Fsp3) is 0.0909. The maximum Gasteiger partial charge on any atom is 0.265 e. The van der Waals surface area contributed by atoms with E-state index in [1.54, 1.807) is 7.11 Å². The van der Waals surface area contributed by atoms with Gasteiger partial charge in [-0.05, 0) is 72.5 Å². The largest absolute Gasteiger partial charge is 0.497 e. The fourth-order valence-corrected chi connectivity index (χ4v) is 3.58. The minimum atomic E-state index is -0.0993. The van der Waals surface area contributed by atoms with Crippen molar-refractivity contribution in [1.29, 1.82) is 0 Å². The number of nitrogens with one attached hydrogen (secondary N) is 2. The second kappa shape index (κ2) is 7.70. The normalized spacial score (nSPS) is 10.6. The van der Waals surface area contributed by atoms with E-state index in [0.29, 0.717) is 4.88 Å². The smallest absolute Gasteiger partial charge is 0.265 e. The molecule has 2 aromatic heterocycles. The average Bonchev–Trinajstić information content (AvgIpc) is 3.24. The number of carbonyl (C=O) groups is 1. The number of methoxy groups -OCH3 is 1.